The molecule has 3 aromatic heterocycles. The third kappa shape index (κ3) is 8.37. The number of nitrogens with zero attached hydrogens (tertiary/aromatic N) is 7. The van der Waals surface area contributed by atoms with E-state index in [0.717, 1.165) is 61.6 Å². The van der Waals surface area contributed by atoms with Gasteiger partial charge in [-0.1, -0.05) is 43.7 Å². The maximum atomic E-state index is 13.8. The van der Waals surface area contributed by atoms with E-state index in [0.29, 0.717) is 42.8 Å². The molecule has 1 fully saturated rings. The van der Waals surface area contributed by atoms with Crippen molar-refractivity contribution in [1.82, 2.24) is 30.0 Å². The minimum atomic E-state index is -0.743. The van der Waals surface area contributed by atoms with Gasteiger partial charge >= 0.3 is 6.03 Å². The molecule has 3 heterocycles. The van der Waals surface area contributed by atoms with Crippen LogP contribution < -0.4 is 20.9 Å². The first-order valence-electron chi connectivity index (χ1n) is 15.9. The second-order valence-corrected chi connectivity index (χ2v) is 11.8. The number of nitriles is 1. The Morgan fingerprint density at radius 2 is 1.91 bits per heavy atom. The monoisotopic (exact) mass is 622 g/mol. The van der Waals surface area contributed by atoms with Crippen LogP contribution in [0.25, 0.3) is 11.1 Å². The topological polar surface area (TPSA) is 157 Å². The molecule has 1 atom stereocenters. The minimum Gasteiger partial charge on any atom is -0.388 e. The number of pyridine rings is 1. The highest BCUT2D eigenvalue weighted by Crippen LogP contribution is 2.32. The van der Waals surface area contributed by atoms with Crippen LogP contribution >= 0.6 is 0 Å². The second-order valence-electron chi connectivity index (χ2n) is 11.8. The highest BCUT2D eigenvalue weighted by molar-refractivity contribution is 5.91. The normalized spacial score (nSPS) is 14.0. The van der Waals surface area contributed by atoms with E-state index in [-0.39, 0.29) is 12.1 Å². The molecule has 12 nitrogen and oxygen atoms in total. The number of hydrogen-bond acceptors (Lipinski definition) is 9. The van der Waals surface area contributed by atoms with Gasteiger partial charge in [0.05, 0.1) is 18.0 Å². The Bertz CT molecular complexity index is 1610. The summed E-state index contributed by atoms with van der Waals surface area (Å²) in [7, 11) is 1.87. The molecule has 0 saturated heterocycles. The summed E-state index contributed by atoms with van der Waals surface area (Å²) in [6, 6.07) is 15.5. The summed E-state index contributed by atoms with van der Waals surface area (Å²) >= 11 is 0. The Labute approximate surface area is 269 Å². The highest BCUT2D eigenvalue weighted by Gasteiger charge is 2.34. The van der Waals surface area contributed by atoms with Gasteiger partial charge in [-0.05, 0) is 56.2 Å². The number of carbonyl (C=O) groups excluding carboxylic acids is 1. The lowest BCUT2D eigenvalue weighted by molar-refractivity contribution is -0.0202. The largest absolute Gasteiger partial charge is 0.388 e. The number of hydrogen-bond donors (Lipinski definition) is 4. The first kappa shape index (κ1) is 32.4. The van der Waals surface area contributed by atoms with E-state index in [4.69, 9.17) is 4.98 Å². The number of aryl methyl sites for hydroxylation is 1. The lowest BCUT2D eigenvalue weighted by atomic mass is 9.80. The number of rotatable bonds is 15. The van der Waals surface area contributed by atoms with Gasteiger partial charge in [0, 0.05) is 56.2 Å². The molecule has 0 aliphatic heterocycles. The van der Waals surface area contributed by atoms with Crippen LogP contribution in [0.5, 0.6) is 0 Å². The van der Waals surface area contributed by atoms with Gasteiger partial charge in [-0.2, -0.15) is 15.3 Å². The zero-order valence-corrected chi connectivity index (χ0v) is 26.5. The van der Waals surface area contributed by atoms with Gasteiger partial charge in [-0.25, -0.2) is 14.8 Å². The first-order valence-corrected chi connectivity index (χ1v) is 15.9. The number of anilines is 3. The van der Waals surface area contributed by atoms with Crippen molar-refractivity contribution in [2.75, 3.05) is 28.6 Å². The SMILES string of the molecule is CCC[C@@H](CCCNc1ncc(C#N)c(NCC2(O)CCC2)n1)N(C(=O)NCc1ccccc1)c1ccc(-c2cnn(C)c2)cn1. The van der Waals surface area contributed by atoms with Gasteiger partial charge in [0.2, 0.25) is 5.95 Å². The molecule has 0 unspecified atom stereocenters. The molecule has 1 aromatic carbocycles. The van der Waals surface area contributed by atoms with Crippen LogP contribution in [0.1, 0.15) is 63.0 Å². The van der Waals surface area contributed by atoms with Crippen LogP contribution in [0.4, 0.5) is 22.4 Å². The van der Waals surface area contributed by atoms with Gasteiger partial charge in [0.15, 0.2) is 0 Å². The number of nitrogens with one attached hydrogen (secondary N) is 3. The fourth-order valence-corrected chi connectivity index (χ4v) is 5.55. The lowest BCUT2D eigenvalue weighted by Crippen LogP contribution is -2.47. The van der Waals surface area contributed by atoms with Crippen molar-refractivity contribution >= 4 is 23.6 Å². The molecule has 0 radical (unpaired) electrons. The Morgan fingerprint density at radius 3 is 2.57 bits per heavy atom. The molecule has 240 valence electrons. The molecule has 0 bridgehead atoms. The third-order valence-electron chi connectivity index (χ3n) is 8.30. The zero-order chi connectivity index (χ0) is 32.4. The zero-order valence-electron chi connectivity index (χ0n) is 26.5. The van der Waals surface area contributed by atoms with Gasteiger partial charge in [-0.3, -0.25) is 9.58 Å². The fraction of sp³-hybridized carbons (Fsp3) is 0.412. The maximum absolute atomic E-state index is 13.8. The molecular weight excluding hydrogens is 580 g/mol. The van der Waals surface area contributed by atoms with E-state index >= 15 is 0 Å². The van der Waals surface area contributed by atoms with Crippen molar-refractivity contribution in [3.63, 3.8) is 0 Å². The Morgan fingerprint density at radius 1 is 1.09 bits per heavy atom. The summed E-state index contributed by atoms with van der Waals surface area (Å²) in [4.78, 5) is 29.1. The van der Waals surface area contributed by atoms with Crippen molar-refractivity contribution in [3.8, 4) is 17.2 Å². The summed E-state index contributed by atoms with van der Waals surface area (Å²) in [5.41, 5.74) is 2.49. The van der Waals surface area contributed by atoms with Crippen molar-refractivity contribution in [3.05, 3.63) is 78.4 Å². The maximum Gasteiger partial charge on any atom is 0.323 e. The van der Waals surface area contributed by atoms with Crippen molar-refractivity contribution in [2.45, 2.75) is 70.1 Å². The summed E-state index contributed by atoms with van der Waals surface area (Å²) in [5.74, 6) is 1.40. The van der Waals surface area contributed by atoms with E-state index in [9.17, 15) is 15.2 Å². The van der Waals surface area contributed by atoms with Crippen molar-refractivity contribution in [2.24, 2.45) is 7.05 Å². The van der Waals surface area contributed by atoms with E-state index in [1.165, 1.54) is 6.20 Å². The smallest absolute Gasteiger partial charge is 0.323 e. The summed E-state index contributed by atoms with van der Waals surface area (Å²) in [5, 5.41) is 33.7. The average Bonchev–Trinajstić information content (AvgIpc) is 3.51. The summed E-state index contributed by atoms with van der Waals surface area (Å²) in [6.07, 6.45) is 12.6. The van der Waals surface area contributed by atoms with Gasteiger partial charge in [0.1, 0.15) is 23.3 Å². The van der Waals surface area contributed by atoms with Gasteiger partial charge < -0.3 is 21.1 Å². The number of amides is 2. The molecule has 2 amide bonds. The van der Waals surface area contributed by atoms with E-state index in [2.05, 4.69) is 44.0 Å². The number of carbonyl (C=O) groups is 1. The predicted molar refractivity (Wildman–Crippen MR) is 178 cm³/mol. The van der Waals surface area contributed by atoms with Crippen molar-refractivity contribution < 1.29 is 9.90 Å². The molecule has 0 spiro atoms. The van der Waals surface area contributed by atoms with Crippen LogP contribution in [0.15, 0.2) is 67.3 Å². The van der Waals surface area contributed by atoms with Crippen LogP contribution in [-0.4, -0.2) is 60.6 Å². The van der Waals surface area contributed by atoms with E-state index < -0.39 is 5.60 Å². The van der Waals surface area contributed by atoms with Crippen LogP contribution in [0.2, 0.25) is 0 Å². The first-order chi connectivity index (χ1) is 22.4. The van der Waals surface area contributed by atoms with E-state index in [1.54, 1.807) is 22.0 Å². The second kappa shape index (κ2) is 15.3. The van der Waals surface area contributed by atoms with Crippen molar-refractivity contribution in [1.29, 1.82) is 5.26 Å². The summed E-state index contributed by atoms with van der Waals surface area (Å²) in [6.45, 7) is 3.44. The van der Waals surface area contributed by atoms with Gasteiger partial charge in [-0.15, -0.1) is 0 Å². The standard InChI is InChI=1S/C34H42N10O2/c1-3-9-29(12-7-17-36-32-38-21-27(18-35)31(42-32)40-24-34(46)15-8-16-34)44(33(45)39-19-25-10-5-4-6-11-25)30-14-13-26(20-37-30)28-22-41-43(2)23-28/h4-6,10-11,13-14,20-23,29,46H,3,7-9,12,15-17,19,24H2,1-2H3,(H,39,45)(H2,36,38,40,42)/t29-/m0/s1. The minimum absolute atomic E-state index is 0.0957. The molecule has 4 aromatic rings. The summed E-state index contributed by atoms with van der Waals surface area (Å²) < 4.78 is 1.75. The molecule has 5 rings (SSSR count). The number of benzene rings is 1. The molecule has 1 aliphatic carbocycles. The molecule has 1 saturated carbocycles. The van der Waals surface area contributed by atoms with Gasteiger partial charge in [0.25, 0.3) is 0 Å². The molecule has 46 heavy (non-hydrogen) atoms. The van der Waals surface area contributed by atoms with Crippen LogP contribution in [0.3, 0.4) is 0 Å². The third-order valence-corrected chi connectivity index (χ3v) is 8.30. The lowest BCUT2D eigenvalue weighted by Gasteiger charge is -2.36. The Kier molecular flexibility index (Phi) is 10.8. The number of aliphatic hydroxyl groups is 1. The predicted octanol–water partition coefficient (Wildman–Crippen LogP) is 5.25. The molecule has 12 heteroatoms. The highest BCUT2D eigenvalue weighted by atomic mass is 16.3. The molecular formula is C34H42N10O2. The number of aromatic nitrogens is 5. The number of urea groups is 1. The van der Waals surface area contributed by atoms with Crippen LogP contribution in [0, 0.1) is 11.3 Å². The Balaban J connectivity index is 1.26. The van der Waals surface area contributed by atoms with Crippen LogP contribution in [-0.2, 0) is 13.6 Å². The average molecular weight is 623 g/mol. The Hall–Kier alpha value is -5.02. The quantitative estimate of drug-likeness (QED) is 0.130. The fourth-order valence-electron chi connectivity index (χ4n) is 5.55. The molecule has 4 N–H and O–H groups in total. The van der Waals surface area contributed by atoms with E-state index in [1.807, 2.05) is 55.7 Å². The molecule has 1 aliphatic rings.